The monoisotopic (exact) mass is 365 g/mol. The Kier molecular flexibility index (Phi) is 6.60. The summed E-state index contributed by atoms with van der Waals surface area (Å²) in [6.07, 6.45) is 2.69. The molecule has 1 aromatic rings. The van der Waals surface area contributed by atoms with Gasteiger partial charge in [-0.2, -0.15) is 0 Å². The Morgan fingerprint density at radius 1 is 1.40 bits per heavy atom. The van der Waals surface area contributed by atoms with E-state index in [1.54, 1.807) is 11.3 Å². The minimum Gasteiger partial charge on any atom is -0.350 e. The van der Waals surface area contributed by atoms with Crippen LogP contribution in [0.15, 0.2) is 5.38 Å². The van der Waals surface area contributed by atoms with Crippen LogP contribution >= 0.6 is 11.3 Å². The summed E-state index contributed by atoms with van der Waals surface area (Å²) in [7, 11) is 0. The number of carbonyl (C=O) groups excluding carboxylic acids is 2. The van der Waals surface area contributed by atoms with Crippen molar-refractivity contribution in [1.29, 1.82) is 0 Å². The second-order valence-electron chi connectivity index (χ2n) is 8.47. The quantitative estimate of drug-likeness (QED) is 0.868. The molecule has 1 atom stereocenters. The number of thiazole rings is 1. The fourth-order valence-electron chi connectivity index (χ4n) is 2.94. The van der Waals surface area contributed by atoms with Crippen LogP contribution in [0, 0.1) is 11.3 Å². The molecule has 2 heterocycles. The van der Waals surface area contributed by atoms with Crippen LogP contribution in [0.4, 0.5) is 0 Å². The zero-order valence-corrected chi connectivity index (χ0v) is 16.9. The van der Waals surface area contributed by atoms with Gasteiger partial charge in [0.1, 0.15) is 0 Å². The molecule has 0 saturated carbocycles. The lowest BCUT2D eigenvalue weighted by Gasteiger charge is -2.33. The molecule has 1 fully saturated rings. The summed E-state index contributed by atoms with van der Waals surface area (Å²) in [5.74, 6) is 0.598. The van der Waals surface area contributed by atoms with Gasteiger partial charge in [0, 0.05) is 36.7 Å². The van der Waals surface area contributed by atoms with Crippen molar-refractivity contribution >= 4 is 23.2 Å². The summed E-state index contributed by atoms with van der Waals surface area (Å²) in [5, 5.41) is 6.01. The molecule has 1 aliphatic heterocycles. The summed E-state index contributed by atoms with van der Waals surface area (Å²) in [4.78, 5) is 30.9. The smallest absolute Gasteiger partial charge is 0.223 e. The average Bonchev–Trinajstić information content (AvgIpc) is 3.00. The van der Waals surface area contributed by atoms with E-state index in [1.807, 2.05) is 24.1 Å². The first-order chi connectivity index (χ1) is 11.7. The van der Waals surface area contributed by atoms with E-state index in [4.69, 9.17) is 4.98 Å². The summed E-state index contributed by atoms with van der Waals surface area (Å²) in [5.41, 5.74) is 0.930. The van der Waals surface area contributed by atoms with Gasteiger partial charge < -0.3 is 10.2 Å². The van der Waals surface area contributed by atoms with Gasteiger partial charge in [-0.3, -0.25) is 9.59 Å². The van der Waals surface area contributed by atoms with E-state index in [2.05, 4.69) is 26.1 Å². The van der Waals surface area contributed by atoms with Gasteiger partial charge in [0.25, 0.3) is 0 Å². The third-order valence-corrected chi connectivity index (χ3v) is 5.40. The van der Waals surface area contributed by atoms with Crippen LogP contribution in [0.25, 0.3) is 0 Å². The second-order valence-corrected chi connectivity index (χ2v) is 9.36. The molecule has 25 heavy (non-hydrogen) atoms. The van der Waals surface area contributed by atoms with Crippen LogP contribution in [-0.4, -0.2) is 34.8 Å². The normalized spacial score (nSPS) is 18.5. The first-order valence-electron chi connectivity index (χ1n) is 9.15. The predicted molar refractivity (Wildman–Crippen MR) is 101 cm³/mol. The van der Waals surface area contributed by atoms with Crippen molar-refractivity contribution in [3.8, 4) is 0 Å². The minimum atomic E-state index is -0.0150. The Morgan fingerprint density at radius 2 is 2.12 bits per heavy atom. The van der Waals surface area contributed by atoms with Gasteiger partial charge in [-0.25, -0.2) is 4.98 Å². The molecule has 2 rings (SSSR count). The number of rotatable bonds is 5. The van der Waals surface area contributed by atoms with E-state index in [9.17, 15) is 9.59 Å². The van der Waals surface area contributed by atoms with E-state index >= 15 is 0 Å². The maximum Gasteiger partial charge on any atom is 0.223 e. The van der Waals surface area contributed by atoms with Gasteiger partial charge >= 0.3 is 0 Å². The minimum absolute atomic E-state index is 0.0150. The lowest BCUT2D eigenvalue weighted by atomic mass is 9.90. The van der Waals surface area contributed by atoms with Crippen molar-refractivity contribution in [2.24, 2.45) is 11.3 Å². The summed E-state index contributed by atoms with van der Waals surface area (Å²) in [6.45, 7) is 12.2. The maximum atomic E-state index is 12.5. The highest BCUT2D eigenvalue weighted by Gasteiger charge is 2.28. The molecule has 0 aromatic carbocycles. The van der Waals surface area contributed by atoms with Crippen molar-refractivity contribution in [3.05, 3.63) is 16.1 Å². The van der Waals surface area contributed by atoms with Gasteiger partial charge in [0.15, 0.2) is 0 Å². The van der Waals surface area contributed by atoms with Crippen molar-refractivity contribution in [2.45, 2.75) is 66.3 Å². The lowest BCUT2D eigenvalue weighted by Crippen LogP contribution is -2.40. The maximum absolute atomic E-state index is 12.5. The van der Waals surface area contributed by atoms with E-state index in [1.165, 1.54) is 0 Å². The predicted octanol–water partition coefficient (Wildman–Crippen LogP) is 3.56. The fraction of sp³-hybridized carbons (Fsp3) is 0.737. The number of aromatic nitrogens is 1. The van der Waals surface area contributed by atoms with Gasteiger partial charge in [0.2, 0.25) is 11.8 Å². The van der Waals surface area contributed by atoms with Gasteiger partial charge in [-0.05, 0) is 18.3 Å². The molecule has 1 saturated heterocycles. The zero-order valence-electron chi connectivity index (χ0n) is 16.1. The number of likely N-dealkylation sites (tertiary alicyclic amines) is 1. The molecule has 140 valence electrons. The van der Waals surface area contributed by atoms with Gasteiger partial charge in [-0.1, -0.05) is 34.6 Å². The Labute approximate surface area is 155 Å². The molecule has 0 bridgehead atoms. The second kappa shape index (κ2) is 8.30. The van der Waals surface area contributed by atoms with E-state index in [-0.39, 0.29) is 23.1 Å². The summed E-state index contributed by atoms with van der Waals surface area (Å²) in [6, 6.07) is 0. The third kappa shape index (κ3) is 6.10. The van der Waals surface area contributed by atoms with E-state index in [0.29, 0.717) is 18.9 Å². The number of nitrogens with one attached hydrogen (secondary N) is 1. The molecule has 1 aromatic heterocycles. The Morgan fingerprint density at radius 3 is 2.76 bits per heavy atom. The zero-order chi connectivity index (χ0) is 18.6. The molecule has 5 nitrogen and oxygen atoms in total. The number of amides is 2. The number of piperidine rings is 1. The number of carbonyl (C=O) groups is 2. The van der Waals surface area contributed by atoms with Crippen molar-refractivity contribution in [2.75, 3.05) is 13.1 Å². The van der Waals surface area contributed by atoms with Gasteiger partial charge in [0.05, 0.1) is 17.2 Å². The highest BCUT2D eigenvalue weighted by Crippen LogP contribution is 2.30. The highest BCUT2D eigenvalue weighted by atomic mass is 32.1. The molecule has 0 unspecified atom stereocenters. The van der Waals surface area contributed by atoms with Crippen LogP contribution in [0.1, 0.15) is 70.5 Å². The van der Waals surface area contributed by atoms with Crippen LogP contribution in [0.2, 0.25) is 0 Å². The van der Waals surface area contributed by atoms with Crippen molar-refractivity contribution in [3.63, 3.8) is 0 Å². The molecule has 6 heteroatoms. The molecule has 0 aliphatic carbocycles. The van der Waals surface area contributed by atoms with Crippen molar-refractivity contribution < 1.29 is 9.59 Å². The van der Waals surface area contributed by atoms with Crippen LogP contribution in [0.3, 0.4) is 0 Å². The molecule has 1 aliphatic rings. The first kappa shape index (κ1) is 19.9. The summed E-state index contributed by atoms with van der Waals surface area (Å²) < 4.78 is 0. The van der Waals surface area contributed by atoms with E-state index in [0.717, 1.165) is 36.6 Å². The standard InChI is InChI=1S/C19H31N3O2S/c1-13(2)17(24)20-10-15-12-25-18(21-15)14-7-6-8-22(11-14)16(23)9-19(3,4)5/h12-14H,6-11H2,1-5H3,(H,20,24)/t14-/m1/s1. The lowest BCUT2D eigenvalue weighted by molar-refractivity contribution is -0.134. The van der Waals surface area contributed by atoms with Crippen LogP contribution < -0.4 is 5.32 Å². The van der Waals surface area contributed by atoms with Crippen LogP contribution in [0.5, 0.6) is 0 Å². The third-order valence-electron chi connectivity index (χ3n) is 4.34. The molecular formula is C19H31N3O2S. The largest absolute Gasteiger partial charge is 0.350 e. The highest BCUT2D eigenvalue weighted by molar-refractivity contribution is 7.09. The Bertz CT molecular complexity index is 604. The average molecular weight is 366 g/mol. The number of hydrogen-bond donors (Lipinski definition) is 1. The molecule has 2 amide bonds. The topological polar surface area (TPSA) is 62.3 Å². The molecule has 0 radical (unpaired) electrons. The van der Waals surface area contributed by atoms with E-state index < -0.39 is 0 Å². The Balaban J connectivity index is 1.93. The van der Waals surface area contributed by atoms with Crippen LogP contribution in [-0.2, 0) is 16.1 Å². The Hall–Kier alpha value is -1.43. The molecule has 0 spiro atoms. The van der Waals surface area contributed by atoms with Gasteiger partial charge in [-0.15, -0.1) is 11.3 Å². The summed E-state index contributed by atoms with van der Waals surface area (Å²) >= 11 is 1.64. The molecular weight excluding hydrogens is 334 g/mol. The number of hydrogen-bond acceptors (Lipinski definition) is 4. The molecule has 1 N–H and O–H groups in total. The first-order valence-corrected chi connectivity index (χ1v) is 10.0. The fourth-order valence-corrected chi connectivity index (χ4v) is 3.89. The SMILES string of the molecule is CC(C)C(=O)NCc1csc([C@@H]2CCCN(C(=O)CC(C)(C)C)C2)n1. The van der Waals surface area contributed by atoms with Crippen molar-refractivity contribution in [1.82, 2.24) is 15.2 Å². The number of nitrogens with zero attached hydrogens (tertiary/aromatic N) is 2.